The van der Waals surface area contributed by atoms with E-state index in [1.807, 2.05) is 6.92 Å². The van der Waals surface area contributed by atoms with Gasteiger partial charge < -0.3 is 9.47 Å². The molecule has 0 aromatic rings. The number of rotatable bonds is 6. The van der Waals surface area contributed by atoms with Gasteiger partial charge in [-0.1, -0.05) is 5.57 Å². The third-order valence-electron chi connectivity index (χ3n) is 1.89. The molecule has 0 amide bonds. The summed E-state index contributed by atoms with van der Waals surface area (Å²) in [5, 5.41) is 11.2. The van der Waals surface area contributed by atoms with E-state index in [0.29, 0.717) is 12.8 Å². The summed E-state index contributed by atoms with van der Waals surface area (Å²) in [6.07, 6.45) is 1.82. The number of hydrogen-bond donors (Lipinski definition) is 0. The highest BCUT2D eigenvalue weighted by molar-refractivity contribution is 5.88. The van der Waals surface area contributed by atoms with Gasteiger partial charge in [0.2, 0.25) is 0 Å². The van der Waals surface area contributed by atoms with Crippen molar-refractivity contribution in [1.82, 2.24) is 0 Å². The second-order valence-corrected chi connectivity index (χ2v) is 3.27. The van der Waals surface area contributed by atoms with E-state index in [4.69, 9.17) is 0 Å². The van der Waals surface area contributed by atoms with E-state index >= 15 is 0 Å². The summed E-state index contributed by atoms with van der Waals surface area (Å²) in [5.74, 6) is -1.24. The first-order chi connectivity index (χ1) is 7.02. The fourth-order valence-corrected chi connectivity index (χ4v) is 1.10. The van der Waals surface area contributed by atoms with Gasteiger partial charge in [0.15, 0.2) is 0 Å². The van der Waals surface area contributed by atoms with Crippen LogP contribution in [0.15, 0.2) is 23.7 Å². The van der Waals surface area contributed by atoms with Gasteiger partial charge in [0.05, 0.1) is 14.2 Å². The largest absolute Gasteiger partial charge is 0.465 e. The second-order valence-electron chi connectivity index (χ2n) is 3.27. The highest BCUT2D eigenvalue weighted by atomic mass is 16.6. The predicted molar refractivity (Wildman–Crippen MR) is 55.4 cm³/mol. The number of carbonyl (C=O) groups is 1. The molecule has 4 nitrogen and oxygen atoms in total. The minimum atomic E-state index is -0.622. The van der Waals surface area contributed by atoms with Crippen molar-refractivity contribution in [3.63, 3.8) is 0 Å². The fourth-order valence-electron chi connectivity index (χ4n) is 1.10. The lowest BCUT2D eigenvalue weighted by Crippen LogP contribution is -2.08. The second kappa shape index (κ2) is 6.92. The Hall–Kier alpha value is -1.45. The van der Waals surface area contributed by atoms with Crippen molar-refractivity contribution in [2.45, 2.75) is 26.2 Å². The van der Waals surface area contributed by atoms with Crippen LogP contribution in [0, 0.1) is 0 Å². The van der Waals surface area contributed by atoms with Crippen LogP contribution in [0.5, 0.6) is 0 Å². The van der Waals surface area contributed by atoms with Crippen molar-refractivity contribution in [2.24, 2.45) is 0 Å². The van der Waals surface area contributed by atoms with Gasteiger partial charge in [0, 0.05) is 0 Å². The highest BCUT2D eigenvalue weighted by Gasteiger charge is 2.17. The number of carbonyl (C=O) groups excluding carboxylic acids is 1. The summed E-state index contributed by atoms with van der Waals surface area (Å²) in [4.78, 5) is 11.2. The molecule has 0 heterocycles. The molecule has 0 aliphatic carbocycles. The van der Waals surface area contributed by atoms with E-state index < -0.39 is 11.9 Å². The van der Waals surface area contributed by atoms with Crippen LogP contribution >= 0.6 is 0 Å². The molecule has 0 rings (SSSR count). The summed E-state index contributed by atoms with van der Waals surface area (Å²) in [7, 11) is 2.48. The van der Waals surface area contributed by atoms with Crippen molar-refractivity contribution >= 4 is 5.97 Å². The van der Waals surface area contributed by atoms with Crippen LogP contribution in [0.25, 0.3) is 0 Å². The van der Waals surface area contributed by atoms with Crippen molar-refractivity contribution in [1.29, 1.82) is 0 Å². The molecule has 0 aromatic carbocycles. The van der Waals surface area contributed by atoms with Gasteiger partial charge in [0.25, 0.3) is 0 Å². The van der Waals surface area contributed by atoms with Crippen LogP contribution in [0.4, 0.5) is 0 Å². The maximum atomic E-state index is 11.2. The number of hydrogen-bond acceptors (Lipinski definition) is 3. The first-order valence-corrected chi connectivity index (χ1v) is 4.69. The monoisotopic (exact) mass is 213 g/mol. The molecule has 0 fully saturated rings. The summed E-state index contributed by atoms with van der Waals surface area (Å²) in [6.45, 7) is 5.64. The predicted octanol–water partition coefficient (Wildman–Crippen LogP) is 2.19. The van der Waals surface area contributed by atoms with E-state index in [-0.39, 0.29) is 5.57 Å². The van der Waals surface area contributed by atoms with E-state index in [0.717, 1.165) is 12.0 Å². The Kier molecular flexibility index (Phi) is 6.25. The van der Waals surface area contributed by atoms with E-state index in [2.05, 4.69) is 16.1 Å². The molecule has 0 saturated carbocycles. The molecule has 1 radical (unpaired) electrons. The Bertz CT molecular complexity index is 266. The minimum Gasteiger partial charge on any atom is -0.465 e. The third kappa shape index (κ3) is 5.10. The normalized spacial score (nSPS) is 11.7. The Labute approximate surface area is 90.2 Å². The van der Waals surface area contributed by atoms with Gasteiger partial charge >= 0.3 is 11.9 Å². The smallest absolute Gasteiger partial charge is 0.341 e. The average Bonchev–Trinajstić information content (AvgIpc) is 2.22. The zero-order valence-corrected chi connectivity index (χ0v) is 9.46. The van der Waals surface area contributed by atoms with E-state index in [1.54, 1.807) is 0 Å². The fraction of sp³-hybridized carbons (Fsp3) is 0.545. The zero-order valence-electron chi connectivity index (χ0n) is 9.46. The van der Waals surface area contributed by atoms with E-state index in [1.165, 1.54) is 14.2 Å². The van der Waals surface area contributed by atoms with Gasteiger partial charge in [-0.3, -0.25) is 0 Å². The first-order valence-electron chi connectivity index (χ1n) is 4.69. The SMILES string of the molecule is C=C(C)CCCC(C(=O)OC)=C([O])OC. The summed E-state index contributed by atoms with van der Waals surface area (Å²) >= 11 is 0. The lowest BCUT2D eigenvalue weighted by Gasteiger charge is -2.05. The van der Waals surface area contributed by atoms with Crippen LogP contribution in [-0.2, 0) is 19.4 Å². The maximum absolute atomic E-state index is 11.2. The molecule has 0 spiro atoms. The topological polar surface area (TPSA) is 55.4 Å². The third-order valence-corrected chi connectivity index (χ3v) is 1.89. The van der Waals surface area contributed by atoms with Crippen molar-refractivity contribution in [3.8, 4) is 0 Å². The van der Waals surface area contributed by atoms with Gasteiger partial charge in [-0.2, -0.15) is 0 Å². The number of esters is 1. The van der Waals surface area contributed by atoms with Crippen LogP contribution in [0.1, 0.15) is 26.2 Å². The summed E-state index contributed by atoms with van der Waals surface area (Å²) < 4.78 is 8.99. The highest BCUT2D eigenvalue weighted by Crippen LogP contribution is 2.15. The van der Waals surface area contributed by atoms with E-state index in [9.17, 15) is 9.90 Å². The molecule has 4 heteroatoms. The molecule has 0 unspecified atom stereocenters. The molecule has 0 bridgehead atoms. The molecule has 0 N–H and O–H groups in total. The minimum absolute atomic E-state index is 0.0567. The number of allylic oxidation sites excluding steroid dienone is 1. The Morgan fingerprint density at radius 3 is 2.20 bits per heavy atom. The lowest BCUT2D eigenvalue weighted by molar-refractivity contribution is -0.137. The zero-order chi connectivity index (χ0) is 11.8. The van der Waals surface area contributed by atoms with Crippen LogP contribution in [-0.4, -0.2) is 20.2 Å². The molecule has 0 atom stereocenters. The summed E-state index contributed by atoms with van der Waals surface area (Å²) in [5.41, 5.74) is 1.07. The molecule has 85 valence electrons. The quantitative estimate of drug-likeness (QED) is 0.294. The number of methoxy groups -OCH3 is 2. The van der Waals surface area contributed by atoms with Crippen molar-refractivity contribution in [3.05, 3.63) is 23.7 Å². The van der Waals surface area contributed by atoms with Gasteiger partial charge in [-0.25, -0.2) is 9.90 Å². The maximum Gasteiger partial charge on any atom is 0.341 e. The van der Waals surface area contributed by atoms with Crippen molar-refractivity contribution in [2.75, 3.05) is 14.2 Å². The Morgan fingerprint density at radius 2 is 1.80 bits per heavy atom. The number of ether oxygens (including phenoxy) is 2. The summed E-state index contributed by atoms with van der Waals surface area (Å²) in [6, 6.07) is 0. The van der Waals surface area contributed by atoms with Crippen LogP contribution in [0.2, 0.25) is 0 Å². The molecule has 0 aliphatic heterocycles. The molecular weight excluding hydrogens is 196 g/mol. The molecule has 0 aromatic heterocycles. The van der Waals surface area contributed by atoms with Crippen molar-refractivity contribution < 1.29 is 19.4 Å². The lowest BCUT2D eigenvalue weighted by atomic mass is 10.1. The molecular formula is C11H17O4. The van der Waals surface area contributed by atoms with Gasteiger partial charge in [-0.15, -0.1) is 6.58 Å². The molecule has 0 saturated heterocycles. The molecule has 0 aliphatic rings. The Morgan fingerprint density at radius 1 is 1.20 bits per heavy atom. The van der Waals surface area contributed by atoms with Crippen LogP contribution < -0.4 is 0 Å². The van der Waals surface area contributed by atoms with Gasteiger partial charge in [0.1, 0.15) is 5.57 Å². The first kappa shape index (κ1) is 13.5. The Balaban J connectivity index is 4.40. The molecule has 15 heavy (non-hydrogen) atoms. The average molecular weight is 213 g/mol. The van der Waals surface area contributed by atoms with Gasteiger partial charge in [-0.05, 0) is 26.2 Å². The van der Waals surface area contributed by atoms with Crippen LogP contribution in [0.3, 0.4) is 0 Å². The standard InChI is InChI=1S/C11H17O4/c1-8(2)6-5-7-9(10(12)14-3)11(13)15-4/h1,5-7H2,2-4H3.